The van der Waals surface area contributed by atoms with E-state index in [-0.39, 0.29) is 0 Å². The van der Waals surface area contributed by atoms with Crippen molar-refractivity contribution in [3.8, 4) is 5.75 Å². The molecule has 12 heavy (non-hydrogen) atoms. The van der Waals surface area contributed by atoms with Gasteiger partial charge in [0, 0.05) is 13.3 Å². The molecule has 0 amide bonds. The van der Waals surface area contributed by atoms with Crippen LogP contribution in [0.3, 0.4) is 0 Å². The Morgan fingerprint density at radius 1 is 1.42 bits per heavy atom. The summed E-state index contributed by atoms with van der Waals surface area (Å²) in [6, 6.07) is 7.94. The van der Waals surface area contributed by atoms with Gasteiger partial charge in [-0.05, 0) is 18.6 Å². The third kappa shape index (κ3) is 2.38. The molecule has 0 aliphatic rings. The topological polar surface area (TPSA) is 21.6 Å². The summed E-state index contributed by atoms with van der Waals surface area (Å²) in [7, 11) is 1.74. The maximum atomic E-state index is 5.43. The molecule has 2 nitrogen and oxygen atoms in total. The number of ether oxygens (including phenoxy) is 1. The van der Waals surface area contributed by atoms with Crippen molar-refractivity contribution in [2.45, 2.75) is 6.92 Å². The maximum absolute atomic E-state index is 5.43. The van der Waals surface area contributed by atoms with Gasteiger partial charge in [-0.1, -0.05) is 18.2 Å². The first-order chi connectivity index (χ1) is 5.84. The summed E-state index contributed by atoms with van der Waals surface area (Å²) in [5.74, 6) is 0.928. The normalized spacial score (nSPS) is 10.5. The SMILES string of the molecule is CN=CCOc1ccccc1C. The lowest BCUT2D eigenvalue weighted by Gasteiger charge is -2.04. The summed E-state index contributed by atoms with van der Waals surface area (Å²) in [5, 5.41) is 0. The first kappa shape index (κ1) is 8.78. The lowest BCUT2D eigenvalue weighted by molar-refractivity contribution is 0.377. The van der Waals surface area contributed by atoms with Crippen LogP contribution in [-0.4, -0.2) is 19.9 Å². The molecule has 0 aromatic heterocycles. The third-order valence-electron chi connectivity index (χ3n) is 1.59. The lowest BCUT2D eigenvalue weighted by atomic mass is 10.2. The van der Waals surface area contributed by atoms with Crippen LogP contribution in [0.25, 0.3) is 0 Å². The molecule has 0 aliphatic carbocycles. The van der Waals surface area contributed by atoms with E-state index < -0.39 is 0 Å². The minimum atomic E-state index is 0.543. The molecule has 1 rings (SSSR count). The molecule has 0 fully saturated rings. The molecule has 0 unspecified atom stereocenters. The van der Waals surface area contributed by atoms with Gasteiger partial charge >= 0.3 is 0 Å². The van der Waals surface area contributed by atoms with Gasteiger partial charge in [-0.15, -0.1) is 0 Å². The van der Waals surface area contributed by atoms with Crippen molar-refractivity contribution in [3.05, 3.63) is 29.8 Å². The summed E-state index contributed by atoms with van der Waals surface area (Å²) < 4.78 is 5.43. The summed E-state index contributed by atoms with van der Waals surface area (Å²) in [6.45, 7) is 2.57. The minimum Gasteiger partial charge on any atom is -0.488 e. The van der Waals surface area contributed by atoms with Crippen molar-refractivity contribution >= 4 is 6.21 Å². The highest BCUT2D eigenvalue weighted by molar-refractivity contribution is 5.58. The zero-order valence-electron chi connectivity index (χ0n) is 7.45. The van der Waals surface area contributed by atoms with Gasteiger partial charge in [-0.25, -0.2) is 0 Å². The van der Waals surface area contributed by atoms with E-state index in [2.05, 4.69) is 4.99 Å². The van der Waals surface area contributed by atoms with Crippen molar-refractivity contribution in [3.63, 3.8) is 0 Å². The Balaban J connectivity index is 2.57. The highest BCUT2D eigenvalue weighted by Gasteiger charge is 1.94. The van der Waals surface area contributed by atoms with Crippen LogP contribution in [0.4, 0.5) is 0 Å². The van der Waals surface area contributed by atoms with Crippen molar-refractivity contribution in [2.75, 3.05) is 13.7 Å². The van der Waals surface area contributed by atoms with Crippen LogP contribution in [0.5, 0.6) is 5.75 Å². The number of hydrogen-bond donors (Lipinski definition) is 0. The molecule has 0 bridgehead atoms. The Bertz CT molecular complexity index is 268. The molecule has 0 radical (unpaired) electrons. The summed E-state index contributed by atoms with van der Waals surface area (Å²) in [6.07, 6.45) is 1.74. The number of hydrogen-bond acceptors (Lipinski definition) is 2. The van der Waals surface area contributed by atoms with E-state index in [9.17, 15) is 0 Å². The molecule has 0 spiro atoms. The van der Waals surface area contributed by atoms with Gasteiger partial charge in [0.25, 0.3) is 0 Å². The van der Waals surface area contributed by atoms with Crippen LogP contribution in [0.2, 0.25) is 0 Å². The number of rotatable bonds is 3. The van der Waals surface area contributed by atoms with E-state index >= 15 is 0 Å². The van der Waals surface area contributed by atoms with E-state index in [0.29, 0.717) is 6.61 Å². The summed E-state index contributed by atoms with van der Waals surface area (Å²) in [5.41, 5.74) is 1.15. The fourth-order valence-electron chi connectivity index (χ4n) is 0.920. The fraction of sp³-hybridized carbons (Fsp3) is 0.300. The number of aryl methyl sites for hydroxylation is 1. The first-order valence-corrected chi connectivity index (χ1v) is 3.93. The second-order valence-corrected chi connectivity index (χ2v) is 2.52. The molecule has 0 saturated carbocycles. The maximum Gasteiger partial charge on any atom is 0.123 e. The van der Waals surface area contributed by atoms with Crippen molar-refractivity contribution in [2.24, 2.45) is 4.99 Å². The van der Waals surface area contributed by atoms with Gasteiger partial charge in [0.15, 0.2) is 0 Å². The molecule has 2 heteroatoms. The predicted octanol–water partition coefficient (Wildman–Crippen LogP) is 2.07. The van der Waals surface area contributed by atoms with Gasteiger partial charge < -0.3 is 4.74 Å². The van der Waals surface area contributed by atoms with E-state index in [1.807, 2.05) is 31.2 Å². The molecule has 0 N–H and O–H groups in total. The Morgan fingerprint density at radius 2 is 2.17 bits per heavy atom. The monoisotopic (exact) mass is 163 g/mol. The number of benzene rings is 1. The molecule has 0 saturated heterocycles. The molecule has 1 aromatic carbocycles. The van der Waals surface area contributed by atoms with Crippen molar-refractivity contribution in [1.29, 1.82) is 0 Å². The van der Waals surface area contributed by atoms with Crippen LogP contribution >= 0.6 is 0 Å². The van der Waals surface area contributed by atoms with Crippen LogP contribution in [0.15, 0.2) is 29.3 Å². The molecule has 64 valence electrons. The number of aliphatic imine (C=N–C) groups is 1. The largest absolute Gasteiger partial charge is 0.488 e. The Labute approximate surface area is 72.9 Å². The van der Waals surface area contributed by atoms with E-state index in [1.165, 1.54) is 0 Å². The molecule has 1 aromatic rings. The van der Waals surface area contributed by atoms with Crippen LogP contribution in [0.1, 0.15) is 5.56 Å². The average Bonchev–Trinajstić information content (AvgIpc) is 2.09. The van der Waals surface area contributed by atoms with Gasteiger partial charge in [0.1, 0.15) is 12.4 Å². The zero-order chi connectivity index (χ0) is 8.81. The first-order valence-electron chi connectivity index (χ1n) is 3.93. The smallest absolute Gasteiger partial charge is 0.123 e. The van der Waals surface area contributed by atoms with Gasteiger partial charge in [0.05, 0.1) is 0 Å². The van der Waals surface area contributed by atoms with E-state index in [0.717, 1.165) is 11.3 Å². The quantitative estimate of drug-likeness (QED) is 0.625. The van der Waals surface area contributed by atoms with Gasteiger partial charge in [-0.3, -0.25) is 4.99 Å². The molecule has 0 aliphatic heterocycles. The Kier molecular flexibility index (Phi) is 3.33. The minimum absolute atomic E-state index is 0.543. The van der Waals surface area contributed by atoms with Crippen LogP contribution in [-0.2, 0) is 0 Å². The zero-order valence-corrected chi connectivity index (χ0v) is 7.45. The Morgan fingerprint density at radius 3 is 2.83 bits per heavy atom. The second kappa shape index (κ2) is 4.54. The number of nitrogens with zero attached hydrogens (tertiary/aromatic N) is 1. The van der Waals surface area contributed by atoms with Crippen molar-refractivity contribution < 1.29 is 4.74 Å². The van der Waals surface area contributed by atoms with Crippen LogP contribution in [0, 0.1) is 6.92 Å². The van der Waals surface area contributed by atoms with E-state index in [4.69, 9.17) is 4.74 Å². The lowest BCUT2D eigenvalue weighted by Crippen LogP contribution is -1.99. The summed E-state index contributed by atoms with van der Waals surface area (Å²) in [4.78, 5) is 3.83. The average molecular weight is 163 g/mol. The second-order valence-electron chi connectivity index (χ2n) is 2.52. The van der Waals surface area contributed by atoms with Gasteiger partial charge in [0.2, 0.25) is 0 Å². The van der Waals surface area contributed by atoms with E-state index in [1.54, 1.807) is 13.3 Å². The van der Waals surface area contributed by atoms with Crippen LogP contribution < -0.4 is 4.74 Å². The molecular formula is C10H13NO. The Hall–Kier alpha value is -1.31. The third-order valence-corrected chi connectivity index (χ3v) is 1.59. The fourth-order valence-corrected chi connectivity index (χ4v) is 0.920. The highest BCUT2D eigenvalue weighted by atomic mass is 16.5. The standard InChI is InChI=1S/C10H13NO/c1-9-5-3-4-6-10(9)12-8-7-11-2/h3-7H,8H2,1-2H3. The predicted molar refractivity (Wildman–Crippen MR) is 51.1 cm³/mol. The number of para-hydroxylation sites is 1. The molecule has 0 atom stereocenters. The molecule has 0 heterocycles. The van der Waals surface area contributed by atoms with Crippen molar-refractivity contribution in [1.82, 2.24) is 0 Å². The molecular weight excluding hydrogens is 150 g/mol. The van der Waals surface area contributed by atoms with Gasteiger partial charge in [-0.2, -0.15) is 0 Å². The highest BCUT2D eigenvalue weighted by Crippen LogP contribution is 2.15. The summed E-state index contributed by atoms with van der Waals surface area (Å²) >= 11 is 0.